The number of aryl methyl sites for hydroxylation is 2. The first-order valence-corrected chi connectivity index (χ1v) is 8.51. The molecule has 2 rings (SSSR count). The van der Waals surface area contributed by atoms with Gasteiger partial charge in [-0.3, -0.25) is 0 Å². The molecule has 0 amide bonds. The fourth-order valence-corrected chi connectivity index (χ4v) is 4.12. The molecule has 1 aliphatic carbocycles. The lowest BCUT2D eigenvalue weighted by Gasteiger charge is -2.24. The van der Waals surface area contributed by atoms with Gasteiger partial charge in [-0.15, -0.1) is 0 Å². The van der Waals surface area contributed by atoms with E-state index in [0.717, 1.165) is 24.8 Å². The van der Waals surface area contributed by atoms with Crippen molar-refractivity contribution in [3.8, 4) is 6.07 Å². The van der Waals surface area contributed by atoms with Gasteiger partial charge < -0.3 is 0 Å². The minimum absolute atomic E-state index is 0.264. The SMILES string of the molecule is CCC(C#N)(CC)NS(=O)(=O)c1ccc2c(c1)CCC2. The molecule has 0 atom stereocenters. The zero-order valence-electron chi connectivity index (χ0n) is 11.9. The van der Waals surface area contributed by atoms with Crippen molar-refractivity contribution < 1.29 is 8.42 Å². The highest BCUT2D eigenvalue weighted by Crippen LogP contribution is 2.26. The fraction of sp³-hybridized carbons (Fsp3) is 0.533. The van der Waals surface area contributed by atoms with Crippen molar-refractivity contribution in [1.29, 1.82) is 5.26 Å². The van der Waals surface area contributed by atoms with E-state index in [1.807, 2.05) is 19.9 Å². The monoisotopic (exact) mass is 292 g/mol. The van der Waals surface area contributed by atoms with Crippen molar-refractivity contribution in [2.24, 2.45) is 0 Å². The van der Waals surface area contributed by atoms with Crippen LogP contribution in [-0.2, 0) is 22.9 Å². The van der Waals surface area contributed by atoms with E-state index in [1.54, 1.807) is 12.1 Å². The summed E-state index contributed by atoms with van der Waals surface area (Å²) in [5.74, 6) is 0. The number of benzene rings is 1. The van der Waals surface area contributed by atoms with Gasteiger partial charge in [-0.05, 0) is 55.4 Å². The van der Waals surface area contributed by atoms with Crippen LogP contribution in [0.15, 0.2) is 23.1 Å². The molecular formula is C15H20N2O2S. The van der Waals surface area contributed by atoms with E-state index in [2.05, 4.69) is 10.8 Å². The Kier molecular flexibility index (Phi) is 4.17. The van der Waals surface area contributed by atoms with Gasteiger partial charge in [0.25, 0.3) is 0 Å². The smallest absolute Gasteiger partial charge is 0.207 e. The average Bonchev–Trinajstić information content (AvgIpc) is 2.92. The number of nitriles is 1. The van der Waals surface area contributed by atoms with Gasteiger partial charge in [-0.25, -0.2) is 8.42 Å². The van der Waals surface area contributed by atoms with Gasteiger partial charge in [0.2, 0.25) is 10.0 Å². The minimum Gasteiger partial charge on any atom is -0.207 e. The molecule has 108 valence electrons. The predicted octanol–water partition coefficient (Wildman–Crippen LogP) is 2.54. The van der Waals surface area contributed by atoms with Crippen LogP contribution in [0.4, 0.5) is 0 Å². The van der Waals surface area contributed by atoms with Crippen LogP contribution < -0.4 is 4.72 Å². The Morgan fingerprint density at radius 2 is 1.90 bits per heavy atom. The Balaban J connectivity index is 2.34. The second-order valence-electron chi connectivity index (χ2n) is 5.29. The number of nitrogens with zero attached hydrogens (tertiary/aromatic N) is 1. The summed E-state index contributed by atoms with van der Waals surface area (Å²) in [5.41, 5.74) is 1.34. The molecule has 0 heterocycles. The molecule has 0 saturated carbocycles. The Labute approximate surface area is 120 Å². The highest BCUT2D eigenvalue weighted by atomic mass is 32.2. The van der Waals surface area contributed by atoms with Gasteiger partial charge in [0.15, 0.2) is 0 Å². The van der Waals surface area contributed by atoms with Crippen LogP contribution in [0, 0.1) is 11.3 Å². The molecule has 5 heteroatoms. The molecular weight excluding hydrogens is 272 g/mol. The first-order chi connectivity index (χ1) is 9.46. The van der Waals surface area contributed by atoms with E-state index < -0.39 is 15.6 Å². The summed E-state index contributed by atoms with van der Waals surface area (Å²) in [4.78, 5) is 0.264. The van der Waals surface area contributed by atoms with Gasteiger partial charge in [-0.1, -0.05) is 19.9 Å². The highest BCUT2D eigenvalue weighted by molar-refractivity contribution is 7.89. The Bertz CT molecular complexity index is 640. The van der Waals surface area contributed by atoms with Gasteiger partial charge >= 0.3 is 0 Å². The van der Waals surface area contributed by atoms with E-state index in [0.29, 0.717) is 12.8 Å². The average molecular weight is 292 g/mol. The minimum atomic E-state index is -3.65. The second kappa shape index (κ2) is 5.55. The first-order valence-electron chi connectivity index (χ1n) is 7.03. The molecule has 0 saturated heterocycles. The summed E-state index contributed by atoms with van der Waals surface area (Å²) in [6, 6.07) is 7.38. The van der Waals surface area contributed by atoms with E-state index in [-0.39, 0.29) is 4.90 Å². The van der Waals surface area contributed by atoms with Crippen LogP contribution in [0.5, 0.6) is 0 Å². The maximum Gasteiger partial charge on any atom is 0.241 e. The predicted molar refractivity (Wildman–Crippen MR) is 77.7 cm³/mol. The van der Waals surface area contributed by atoms with E-state index in [9.17, 15) is 13.7 Å². The molecule has 0 radical (unpaired) electrons. The normalized spacial score (nSPS) is 14.8. The Morgan fingerprint density at radius 3 is 2.50 bits per heavy atom. The van der Waals surface area contributed by atoms with Crippen molar-refractivity contribution in [1.82, 2.24) is 4.72 Å². The van der Waals surface area contributed by atoms with Crippen molar-refractivity contribution in [2.45, 2.75) is 56.4 Å². The summed E-state index contributed by atoms with van der Waals surface area (Å²) < 4.78 is 27.5. The third kappa shape index (κ3) is 2.72. The molecule has 0 fully saturated rings. The standard InChI is InChI=1S/C15H20N2O2S/c1-3-15(4-2,11-16)17-20(18,19)14-9-8-12-6-5-7-13(12)10-14/h8-10,17H,3-7H2,1-2H3. The summed E-state index contributed by atoms with van der Waals surface area (Å²) in [5, 5.41) is 9.26. The zero-order chi connectivity index (χ0) is 14.8. The molecule has 0 unspecified atom stereocenters. The van der Waals surface area contributed by atoms with Crippen LogP contribution in [0.2, 0.25) is 0 Å². The molecule has 1 aromatic carbocycles. The maximum absolute atomic E-state index is 12.5. The Hall–Kier alpha value is -1.38. The topological polar surface area (TPSA) is 70.0 Å². The molecule has 0 spiro atoms. The first kappa shape index (κ1) is 15.0. The molecule has 20 heavy (non-hydrogen) atoms. The number of fused-ring (bicyclic) bond motifs is 1. The van der Waals surface area contributed by atoms with Crippen LogP contribution in [-0.4, -0.2) is 14.0 Å². The molecule has 1 aliphatic rings. The maximum atomic E-state index is 12.5. The van der Waals surface area contributed by atoms with E-state index in [4.69, 9.17) is 0 Å². The third-order valence-corrected chi connectivity index (χ3v) is 5.67. The third-order valence-electron chi connectivity index (χ3n) is 4.13. The number of hydrogen-bond donors (Lipinski definition) is 1. The molecule has 0 aliphatic heterocycles. The molecule has 0 aromatic heterocycles. The van der Waals surface area contributed by atoms with Crippen LogP contribution in [0.25, 0.3) is 0 Å². The molecule has 1 aromatic rings. The highest BCUT2D eigenvalue weighted by Gasteiger charge is 2.32. The van der Waals surface area contributed by atoms with E-state index >= 15 is 0 Å². The number of sulfonamides is 1. The van der Waals surface area contributed by atoms with Crippen molar-refractivity contribution >= 4 is 10.0 Å². The fourth-order valence-electron chi connectivity index (χ4n) is 2.61. The van der Waals surface area contributed by atoms with Crippen molar-refractivity contribution in [3.63, 3.8) is 0 Å². The van der Waals surface area contributed by atoms with Crippen LogP contribution in [0.3, 0.4) is 0 Å². The van der Waals surface area contributed by atoms with Crippen molar-refractivity contribution in [2.75, 3.05) is 0 Å². The second-order valence-corrected chi connectivity index (χ2v) is 6.97. The molecule has 4 nitrogen and oxygen atoms in total. The van der Waals surface area contributed by atoms with Gasteiger partial charge in [0.1, 0.15) is 5.54 Å². The largest absolute Gasteiger partial charge is 0.241 e. The summed E-state index contributed by atoms with van der Waals surface area (Å²) >= 11 is 0. The zero-order valence-corrected chi connectivity index (χ0v) is 12.8. The van der Waals surface area contributed by atoms with E-state index in [1.165, 1.54) is 5.56 Å². The summed E-state index contributed by atoms with van der Waals surface area (Å²) in [7, 11) is -3.65. The number of nitrogens with one attached hydrogen (secondary N) is 1. The molecule has 0 bridgehead atoms. The number of hydrogen-bond acceptors (Lipinski definition) is 3. The lowest BCUT2D eigenvalue weighted by molar-refractivity contribution is 0.446. The molecule has 1 N–H and O–H groups in total. The van der Waals surface area contributed by atoms with Crippen LogP contribution in [0.1, 0.15) is 44.2 Å². The lowest BCUT2D eigenvalue weighted by atomic mass is 9.97. The number of rotatable bonds is 5. The van der Waals surface area contributed by atoms with Gasteiger partial charge in [0, 0.05) is 0 Å². The summed E-state index contributed by atoms with van der Waals surface area (Å²) in [6.45, 7) is 3.63. The van der Waals surface area contributed by atoms with Gasteiger partial charge in [-0.2, -0.15) is 9.98 Å². The quantitative estimate of drug-likeness (QED) is 0.906. The Morgan fingerprint density at radius 1 is 1.25 bits per heavy atom. The summed E-state index contributed by atoms with van der Waals surface area (Å²) in [6.07, 6.45) is 3.94. The van der Waals surface area contributed by atoms with Gasteiger partial charge in [0.05, 0.1) is 11.0 Å². The lowest BCUT2D eigenvalue weighted by Crippen LogP contribution is -2.46. The van der Waals surface area contributed by atoms with Crippen molar-refractivity contribution in [3.05, 3.63) is 29.3 Å². The van der Waals surface area contributed by atoms with Crippen LogP contribution >= 0.6 is 0 Å².